The van der Waals surface area contributed by atoms with Crippen molar-refractivity contribution in [2.24, 2.45) is 11.8 Å². The third kappa shape index (κ3) is 6.12. The number of hydrogen-bond donors (Lipinski definition) is 5. The number of rotatable bonds is 11. The smallest absolute Gasteiger partial charge is 0.307 e. The van der Waals surface area contributed by atoms with Crippen molar-refractivity contribution in [1.29, 1.82) is 0 Å². The number of carboxylic acids is 1. The molecule has 39 heavy (non-hydrogen) atoms. The normalized spacial score (nSPS) is 15.9. The Balaban J connectivity index is 1.87. The van der Waals surface area contributed by atoms with Gasteiger partial charge >= 0.3 is 5.97 Å². The summed E-state index contributed by atoms with van der Waals surface area (Å²) in [6, 6.07) is 6.56. The van der Waals surface area contributed by atoms with E-state index in [1.807, 2.05) is 6.92 Å². The van der Waals surface area contributed by atoms with Crippen LogP contribution in [0.1, 0.15) is 78.8 Å². The van der Waals surface area contributed by atoms with E-state index in [-0.39, 0.29) is 45.9 Å². The number of nitrogen functional groups attached to an aromatic ring is 1. The minimum absolute atomic E-state index is 0.0353. The lowest BCUT2D eigenvalue weighted by Crippen LogP contribution is -2.41. The van der Waals surface area contributed by atoms with E-state index >= 15 is 0 Å². The molecule has 2 aromatic rings. The van der Waals surface area contributed by atoms with Crippen LogP contribution in [0.25, 0.3) is 0 Å². The number of ketones is 2. The van der Waals surface area contributed by atoms with Crippen LogP contribution in [-0.4, -0.2) is 53.6 Å². The van der Waals surface area contributed by atoms with E-state index in [9.17, 15) is 37.3 Å². The van der Waals surface area contributed by atoms with Crippen LogP contribution in [0, 0.1) is 11.8 Å². The number of amides is 1. The molecular formula is C27H33N3O8S. The number of carboxylic acid groups (broad SMARTS) is 1. The molecule has 11 nitrogen and oxygen atoms in total. The van der Waals surface area contributed by atoms with Gasteiger partial charge in [-0.05, 0) is 32.3 Å². The summed E-state index contributed by atoms with van der Waals surface area (Å²) in [5, 5.41) is 15.1. The molecule has 0 heterocycles. The van der Waals surface area contributed by atoms with Crippen molar-refractivity contribution in [1.82, 2.24) is 5.32 Å². The van der Waals surface area contributed by atoms with Gasteiger partial charge in [-0.15, -0.1) is 0 Å². The second-order valence-corrected chi connectivity index (χ2v) is 11.3. The van der Waals surface area contributed by atoms with E-state index in [1.54, 1.807) is 26.0 Å². The van der Waals surface area contributed by atoms with Crippen molar-refractivity contribution < 1.29 is 37.3 Å². The Bertz CT molecular complexity index is 1440. The number of hydrogen-bond acceptors (Lipinski definition) is 8. The predicted octanol–water partition coefficient (Wildman–Crippen LogP) is 3.12. The predicted molar refractivity (Wildman–Crippen MR) is 144 cm³/mol. The number of carbonyl (C=O) groups excluding carboxylic acids is 3. The molecule has 0 bridgehead atoms. The number of nitrogens with two attached hydrogens (primary N) is 1. The van der Waals surface area contributed by atoms with Crippen LogP contribution in [0.15, 0.2) is 35.2 Å². The lowest BCUT2D eigenvalue weighted by molar-refractivity contribution is -0.146. The van der Waals surface area contributed by atoms with Gasteiger partial charge in [-0.2, -0.15) is 8.42 Å². The molecule has 0 fully saturated rings. The van der Waals surface area contributed by atoms with Crippen molar-refractivity contribution >= 4 is 44.9 Å². The first-order chi connectivity index (χ1) is 18.2. The van der Waals surface area contributed by atoms with Gasteiger partial charge in [0.25, 0.3) is 10.1 Å². The summed E-state index contributed by atoms with van der Waals surface area (Å²) in [6.45, 7) is 6.68. The number of fused-ring (bicyclic) bond motifs is 2. The highest BCUT2D eigenvalue weighted by Gasteiger charge is 2.36. The average molecular weight is 560 g/mol. The molecule has 0 saturated carbocycles. The fraction of sp³-hybridized carbons (Fsp3) is 0.407. The van der Waals surface area contributed by atoms with Gasteiger partial charge in [0.05, 0.1) is 22.7 Å². The molecule has 0 spiro atoms. The molecule has 0 radical (unpaired) electrons. The molecule has 0 aromatic heterocycles. The molecule has 3 rings (SSSR count). The fourth-order valence-electron chi connectivity index (χ4n) is 4.56. The van der Waals surface area contributed by atoms with Crippen LogP contribution in [0.3, 0.4) is 0 Å². The van der Waals surface area contributed by atoms with Crippen LogP contribution >= 0.6 is 0 Å². The van der Waals surface area contributed by atoms with E-state index < -0.39 is 50.1 Å². The second-order valence-electron chi connectivity index (χ2n) is 9.92. The standard InChI is InChI=1S/C27H33N3O8S/c1-5-16(30-26(33)14(3)15(4)27(34)35)11-10-13(2)29-19-12-20(39(36,37)38)23(28)22-21(19)24(31)17-8-6-7-9-18(17)25(22)32/h6-9,12-16,29H,5,10-11,28H2,1-4H3,(H,30,33)(H,34,35)(H,36,37,38). The van der Waals surface area contributed by atoms with Gasteiger partial charge in [0.1, 0.15) is 4.90 Å². The Morgan fingerprint density at radius 2 is 1.54 bits per heavy atom. The molecular weight excluding hydrogens is 526 g/mol. The molecule has 1 amide bonds. The van der Waals surface area contributed by atoms with Crippen molar-refractivity contribution in [3.8, 4) is 0 Å². The molecule has 2 aromatic carbocycles. The van der Waals surface area contributed by atoms with Crippen LogP contribution < -0.4 is 16.4 Å². The maximum atomic E-state index is 13.4. The Morgan fingerprint density at radius 1 is 0.974 bits per heavy atom. The first-order valence-corrected chi connectivity index (χ1v) is 14.0. The van der Waals surface area contributed by atoms with Gasteiger partial charge in [-0.3, -0.25) is 23.7 Å². The van der Waals surface area contributed by atoms with Crippen LogP contribution in [0.5, 0.6) is 0 Å². The SMILES string of the molecule is CCC(CCC(C)Nc1cc(S(=O)(=O)O)c(N)c2c1C(=O)c1ccccc1C2=O)NC(=O)C(C)C(C)C(=O)O. The summed E-state index contributed by atoms with van der Waals surface area (Å²) in [6.07, 6.45) is 1.53. The molecule has 1 aliphatic rings. The number of anilines is 2. The Morgan fingerprint density at radius 3 is 2.05 bits per heavy atom. The number of aliphatic carboxylic acids is 1. The summed E-state index contributed by atoms with van der Waals surface area (Å²) in [4.78, 5) is 49.8. The summed E-state index contributed by atoms with van der Waals surface area (Å²) in [7, 11) is -4.83. The third-order valence-corrected chi connectivity index (χ3v) is 8.11. The molecule has 4 unspecified atom stereocenters. The van der Waals surface area contributed by atoms with E-state index in [1.165, 1.54) is 19.1 Å². The van der Waals surface area contributed by atoms with E-state index in [2.05, 4.69) is 10.6 Å². The molecule has 12 heteroatoms. The fourth-order valence-corrected chi connectivity index (χ4v) is 5.21. The minimum Gasteiger partial charge on any atom is -0.481 e. The van der Waals surface area contributed by atoms with Gasteiger partial charge in [0, 0.05) is 34.8 Å². The summed E-state index contributed by atoms with van der Waals surface area (Å²) in [5.74, 6) is -4.14. The number of benzene rings is 2. The minimum atomic E-state index is -4.83. The Hall–Kier alpha value is -3.77. The van der Waals surface area contributed by atoms with Crippen molar-refractivity contribution in [3.05, 3.63) is 52.6 Å². The van der Waals surface area contributed by atoms with Gasteiger partial charge in [-0.25, -0.2) is 0 Å². The van der Waals surface area contributed by atoms with Crippen LogP contribution in [-0.2, 0) is 19.7 Å². The molecule has 0 saturated heterocycles. The van der Waals surface area contributed by atoms with Gasteiger partial charge in [0.15, 0.2) is 11.6 Å². The molecule has 210 valence electrons. The largest absolute Gasteiger partial charge is 0.481 e. The zero-order valence-electron chi connectivity index (χ0n) is 22.1. The maximum Gasteiger partial charge on any atom is 0.307 e. The summed E-state index contributed by atoms with van der Waals surface area (Å²) < 4.78 is 34.0. The Kier molecular flexibility index (Phi) is 8.81. The van der Waals surface area contributed by atoms with Gasteiger partial charge in [0.2, 0.25) is 5.91 Å². The lowest BCUT2D eigenvalue weighted by Gasteiger charge is -2.26. The monoisotopic (exact) mass is 559 g/mol. The van der Waals surface area contributed by atoms with E-state index in [4.69, 9.17) is 5.73 Å². The maximum absolute atomic E-state index is 13.4. The quantitative estimate of drug-likeness (QED) is 0.172. The zero-order chi connectivity index (χ0) is 29.2. The highest BCUT2D eigenvalue weighted by atomic mass is 32.2. The number of carbonyl (C=O) groups is 4. The highest BCUT2D eigenvalue weighted by molar-refractivity contribution is 7.86. The first-order valence-electron chi connectivity index (χ1n) is 12.6. The molecule has 6 N–H and O–H groups in total. The summed E-state index contributed by atoms with van der Waals surface area (Å²) >= 11 is 0. The molecule has 0 aliphatic heterocycles. The van der Waals surface area contributed by atoms with Crippen molar-refractivity contribution in [2.45, 2.75) is 63.9 Å². The number of nitrogens with one attached hydrogen (secondary N) is 2. The Labute approximate surface area is 226 Å². The van der Waals surface area contributed by atoms with E-state index in [0.717, 1.165) is 6.07 Å². The zero-order valence-corrected chi connectivity index (χ0v) is 23.0. The van der Waals surface area contributed by atoms with Crippen molar-refractivity contribution in [2.75, 3.05) is 11.1 Å². The lowest BCUT2D eigenvalue weighted by atomic mass is 9.82. The second kappa shape index (κ2) is 11.5. The summed E-state index contributed by atoms with van der Waals surface area (Å²) in [5.41, 5.74) is 5.42. The first kappa shape index (κ1) is 29.8. The van der Waals surface area contributed by atoms with Crippen LogP contribution in [0.2, 0.25) is 0 Å². The molecule has 4 atom stereocenters. The van der Waals surface area contributed by atoms with Gasteiger partial charge in [-0.1, -0.05) is 45.0 Å². The third-order valence-electron chi connectivity index (χ3n) is 7.22. The van der Waals surface area contributed by atoms with Crippen LogP contribution in [0.4, 0.5) is 11.4 Å². The topological polar surface area (TPSA) is 193 Å². The highest BCUT2D eigenvalue weighted by Crippen LogP contribution is 2.39. The molecule has 1 aliphatic carbocycles. The average Bonchev–Trinajstić information content (AvgIpc) is 2.88. The van der Waals surface area contributed by atoms with Crippen molar-refractivity contribution in [3.63, 3.8) is 0 Å². The van der Waals surface area contributed by atoms with Gasteiger partial charge < -0.3 is 21.5 Å². The van der Waals surface area contributed by atoms with E-state index in [0.29, 0.717) is 19.3 Å².